The molecule has 0 bridgehead atoms. The summed E-state index contributed by atoms with van der Waals surface area (Å²) in [4.78, 5) is 38.5. The van der Waals surface area contributed by atoms with Crippen LogP contribution in [0.5, 0.6) is 0 Å². The summed E-state index contributed by atoms with van der Waals surface area (Å²) in [6.45, 7) is 6.68. The number of esters is 3. The summed E-state index contributed by atoms with van der Waals surface area (Å²) in [7, 11) is 0. The summed E-state index contributed by atoms with van der Waals surface area (Å²) in [6, 6.07) is 0. The van der Waals surface area contributed by atoms with Crippen LogP contribution in [0.25, 0.3) is 0 Å². The summed E-state index contributed by atoms with van der Waals surface area (Å²) in [5, 5.41) is 0. The molecular weight excluding hydrogens is 1020 g/mol. The smallest absolute Gasteiger partial charge is 0.306 e. The van der Waals surface area contributed by atoms with Gasteiger partial charge < -0.3 is 14.2 Å². The van der Waals surface area contributed by atoms with Gasteiger partial charge in [0.25, 0.3) is 0 Å². The van der Waals surface area contributed by atoms with Gasteiger partial charge in [-0.05, 0) is 103 Å². The number of ether oxygens (including phenoxy) is 3. The van der Waals surface area contributed by atoms with Crippen molar-refractivity contribution in [1.82, 2.24) is 0 Å². The molecule has 0 heterocycles. The Hall–Kier alpha value is -2.63. The van der Waals surface area contributed by atoms with E-state index in [0.29, 0.717) is 19.3 Å². The second kappa shape index (κ2) is 71.8. The number of carbonyl (C=O) groups is 3. The first kappa shape index (κ1) is 80.4. The van der Waals surface area contributed by atoms with Crippen LogP contribution in [0.15, 0.2) is 48.6 Å². The molecule has 6 nitrogen and oxygen atoms in total. The topological polar surface area (TPSA) is 78.9 Å². The van der Waals surface area contributed by atoms with Gasteiger partial charge in [0, 0.05) is 19.3 Å². The summed E-state index contributed by atoms with van der Waals surface area (Å²) in [5.74, 6) is -0.852. The maximum absolute atomic E-state index is 13.0. The lowest BCUT2D eigenvalue weighted by Crippen LogP contribution is -2.30. The second-order valence-electron chi connectivity index (χ2n) is 25.2. The molecule has 1 unspecified atom stereocenters. The van der Waals surface area contributed by atoms with Gasteiger partial charge in [-0.1, -0.05) is 333 Å². The molecule has 0 amide bonds. The monoisotopic (exact) mass is 1160 g/mol. The van der Waals surface area contributed by atoms with Crippen molar-refractivity contribution in [3.8, 4) is 0 Å². The molecule has 0 saturated carbocycles. The minimum absolute atomic E-state index is 0.0716. The Morgan fingerprint density at radius 3 is 0.675 bits per heavy atom. The van der Waals surface area contributed by atoms with Gasteiger partial charge in [0.2, 0.25) is 0 Å². The fourth-order valence-corrected chi connectivity index (χ4v) is 11.2. The van der Waals surface area contributed by atoms with Gasteiger partial charge in [-0.2, -0.15) is 0 Å². The van der Waals surface area contributed by atoms with E-state index in [1.807, 2.05) is 0 Å². The highest BCUT2D eigenvalue weighted by Gasteiger charge is 2.19. The first-order valence-corrected chi connectivity index (χ1v) is 37.1. The molecule has 0 rings (SSSR count). The Bertz CT molecular complexity index is 1430. The zero-order valence-electron chi connectivity index (χ0n) is 56.0. The Morgan fingerprint density at radius 2 is 0.434 bits per heavy atom. The average molecular weight is 1160 g/mol. The van der Waals surface area contributed by atoms with Crippen LogP contribution in [0.1, 0.15) is 406 Å². The summed E-state index contributed by atoms with van der Waals surface area (Å²) in [5.41, 5.74) is 0. The lowest BCUT2D eigenvalue weighted by atomic mass is 10.0. The Labute approximate surface area is 518 Å². The lowest BCUT2D eigenvalue weighted by molar-refractivity contribution is -0.167. The second-order valence-corrected chi connectivity index (χ2v) is 25.2. The quantitative estimate of drug-likeness (QED) is 0.0261. The van der Waals surface area contributed by atoms with E-state index in [2.05, 4.69) is 69.4 Å². The molecule has 0 aliphatic rings. The van der Waals surface area contributed by atoms with Crippen molar-refractivity contribution in [3.63, 3.8) is 0 Å². The highest BCUT2D eigenvalue weighted by molar-refractivity contribution is 5.71. The van der Waals surface area contributed by atoms with E-state index >= 15 is 0 Å². The number of hydrogen-bond acceptors (Lipinski definition) is 6. The molecule has 0 aromatic carbocycles. The third-order valence-corrected chi connectivity index (χ3v) is 16.8. The molecule has 0 N–H and O–H groups in total. The summed E-state index contributed by atoms with van der Waals surface area (Å²) >= 11 is 0. The Balaban J connectivity index is 4.20. The van der Waals surface area contributed by atoms with Crippen molar-refractivity contribution in [1.29, 1.82) is 0 Å². The van der Waals surface area contributed by atoms with Crippen molar-refractivity contribution in [2.75, 3.05) is 13.2 Å². The number of unbranched alkanes of at least 4 members (excludes halogenated alkanes) is 50. The van der Waals surface area contributed by atoms with Gasteiger partial charge in [0.1, 0.15) is 13.2 Å². The Kier molecular flexibility index (Phi) is 69.6. The molecule has 0 aromatic heterocycles. The van der Waals surface area contributed by atoms with Gasteiger partial charge in [0.05, 0.1) is 0 Å². The van der Waals surface area contributed by atoms with Crippen LogP contribution in [-0.2, 0) is 28.6 Å². The van der Waals surface area contributed by atoms with E-state index in [-0.39, 0.29) is 31.1 Å². The van der Waals surface area contributed by atoms with Gasteiger partial charge in [-0.25, -0.2) is 0 Å². The zero-order valence-corrected chi connectivity index (χ0v) is 56.0. The molecule has 0 aliphatic carbocycles. The molecule has 486 valence electrons. The van der Waals surface area contributed by atoms with Crippen molar-refractivity contribution < 1.29 is 28.6 Å². The molecule has 0 fully saturated rings. The van der Waals surface area contributed by atoms with Gasteiger partial charge >= 0.3 is 17.9 Å². The minimum atomic E-state index is -0.777. The van der Waals surface area contributed by atoms with Crippen LogP contribution in [0, 0.1) is 0 Å². The molecule has 0 spiro atoms. The van der Waals surface area contributed by atoms with Gasteiger partial charge in [0.15, 0.2) is 6.10 Å². The molecule has 0 radical (unpaired) electrons. The van der Waals surface area contributed by atoms with Crippen LogP contribution < -0.4 is 0 Å². The van der Waals surface area contributed by atoms with E-state index < -0.39 is 6.10 Å². The number of hydrogen-bond donors (Lipinski definition) is 0. The SMILES string of the molecule is CCCCCCC/C=C\C/C=C\CCCCCCCCCCCCCCCCCCCCCC(=O)OCC(COC(=O)CCCCCCCCC/C=C\CCCCCCCC)OC(=O)CCCCCCCCC/C=C\CCCCCCCC. The van der Waals surface area contributed by atoms with E-state index in [0.717, 1.165) is 64.2 Å². The third-order valence-electron chi connectivity index (χ3n) is 16.8. The molecule has 1 atom stereocenters. The molecule has 83 heavy (non-hydrogen) atoms. The van der Waals surface area contributed by atoms with Crippen LogP contribution in [0.4, 0.5) is 0 Å². The van der Waals surface area contributed by atoms with E-state index in [1.165, 1.54) is 302 Å². The normalized spacial score (nSPS) is 12.3. The van der Waals surface area contributed by atoms with Crippen LogP contribution in [0.2, 0.25) is 0 Å². The number of carbonyl (C=O) groups excluding carboxylic acids is 3. The van der Waals surface area contributed by atoms with Crippen LogP contribution in [0.3, 0.4) is 0 Å². The lowest BCUT2D eigenvalue weighted by Gasteiger charge is -2.18. The van der Waals surface area contributed by atoms with Crippen molar-refractivity contribution in [2.45, 2.75) is 412 Å². The van der Waals surface area contributed by atoms with E-state index in [9.17, 15) is 14.4 Å². The molecule has 6 heteroatoms. The Morgan fingerprint density at radius 1 is 0.241 bits per heavy atom. The predicted molar refractivity (Wildman–Crippen MR) is 362 cm³/mol. The first-order chi connectivity index (χ1) is 41.0. The van der Waals surface area contributed by atoms with Crippen molar-refractivity contribution in [2.24, 2.45) is 0 Å². The molecule has 0 aromatic rings. The summed E-state index contributed by atoms with van der Waals surface area (Å²) in [6.07, 6.45) is 91.5. The maximum Gasteiger partial charge on any atom is 0.306 e. The fourth-order valence-electron chi connectivity index (χ4n) is 11.2. The van der Waals surface area contributed by atoms with Crippen LogP contribution >= 0.6 is 0 Å². The van der Waals surface area contributed by atoms with Crippen molar-refractivity contribution in [3.05, 3.63) is 48.6 Å². The highest BCUT2D eigenvalue weighted by atomic mass is 16.6. The zero-order chi connectivity index (χ0) is 59.9. The van der Waals surface area contributed by atoms with Crippen molar-refractivity contribution >= 4 is 17.9 Å². The largest absolute Gasteiger partial charge is 0.462 e. The van der Waals surface area contributed by atoms with Crippen LogP contribution in [-0.4, -0.2) is 37.2 Å². The van der Waals surface area contributed by atoms with E-state index in [4.69, 9.17) is 14.2 Å². The highest BCUT2D eigenvalue weighted by Crippen LogP contribution is 2.18. The fraction of sp³-hybridized carbons (Fsp3) is 0.857. The minimum Gasteiger partial charge on any atom is -0.462 e. The third kappa shape index (κ3) is 70.0. The molecular formula is C77H142O6. The van der Waals surface area contributed by atoms with Gasteiger partial charge in [-0.3, -0.25) is 14.4 Å². The predicted octanol–water partition coefficient (Wildman–Crippen LogP) is 25.7. The standard InChI is InChI=1S/C77H142O6/c1-4-7-10-13-16-19-22-25-28-31-32-33-34-35-36-37-38-39-40-41-42-43-44-47-49-52-55-58-61-64-67-70-76(79)82-73-74(83-77(80)71-68-65-62-59-56-53-50-46-30-27-24-21-18-15-12-9-6-3)72-81-75(78)69-66-63-60-57-54-51-48-45-29-26-23-20-17-14-11-8-5-2/h22,25-27,29-32,74H,4-21,23-24,28,33-73H2,1-3H3/b25-22-,29-26-,30-27-,32-31-. The first-order valence-electron chi connectivity index (χ1n) is 37.1. The maximum atomic E-state index is 13.0. The van der Waals surface area contributed by atoms with E-state index in [1.54, 1.807) is 0 Å². The molecule has 0 saturated heterocycles. The van der Waals surface area contributed by atoms with Gasteiger partial charge in [-0.15, -0.1) is 0 Å². The number of allylic oxidation sites excluding steroid dienone is 8. The number of rotatable bonds is 69. The average Bonchev–Trinajstić information content (AvgIpc) is 3.49. The summed E-state index contributed by atoms with van der Waals surface area (Å²) < 4.78 is 17.0. The molecule has 0 aliphatic heterocycles.